The van der Waals surface area contributed by atoms with Crippen LogP contribution in [-0.4, -0.2) is 10.9 Å². The Morgan fingerprint density at radius 2 is 1.89 bits per heavy atom. The van der Waals surface area contributed by atoms with Crippen molar-refractivity contribution in [1.82, 2.24) is 4.98 Å². The second-order valence-electron chi connectivity index (χ2n) is 4.38. The Bertz CT molecular complexity index is 834. The predicted molar refractivity (Wildman–Crippen MR) is 76.5 cm³/mol. The second-order valence-corrected chi connectivity index (χ2v) is 4.38. The van der Waals surface area contributed by atoms with Gasteiger partial charge in [-0.25, -0.2) is 0 Å². The predicted octanol–water partition coefficient (Wildman–Crippen LogP) is 2.55. The monoisotopic (exact) mass is 248 g/mol. The number of amides is 1. The van der Waals surface area contributed by atoms with E-state index in [-0.39, 0.29) is 6.42 Å². The van der Waals surface area contributed by atoms with Gasteiger partial charge >= 0.3 is 0 Å². The number of carbonyl (C=O) groups excluding carboxylic acids is 1. The Morgan fingerprint density at radius 3 is 2.74 bits per heavy atom. The van der Waals surface area contributed by atoms with Crippen LogP contribution in [0.15, 0.2) is 42.5 Å². The van der Waals surface area contributed by atoms with Gasteiger partial charge in [0, 0.05) is 27.4 Å². The summed E-state index contributed by atoms with van der Waals surface area (Å²) in [4.78, 5) is 14.0. The Balaban J connectivity index is 2.07. The third-order valence-electron chi connectivity index (χ3n) is 3.00. The van der Waals surface area contributed by atoms with Crippen LogP contribution in [0.4, 0.5) is 0 Å². The number of H-pyrrole nitrogens is 1. The average molecular weight is 248 g/mol. The molecule has 3 heteroatoms. The summed E-state index contributed by atoms with van der Waals surface area (Å²) < 4.78 is 0. The van der Waals surface area contributed by atoms with Crippen LogP contribution in [0.25, 0.3) is 21.8 Å². The molecule has 0 fully saturated rings. The van der Waals surface area contributed by atoms with E-state index < -0.39 is 5.91 Å². The molecule has 0 bridgehead atoms. The molecule has 0 radical (unpaired) electrons. The maximum Gasteiger partial charge on any atom is 0.229 e. The van der Waals surface area contributed by atoms with Gasteiger partial charge in [0.2, 0.25) is 5.91 Å². The molecule has 0 atom stereocenters. The molecule has 3 rings (SSSR count). The molecule has 3 aromatic rings. The fraction of sp³-hybridized carbons (Fsp3) is 0.0625. The summed E-state index contributed by atoms with van der Waals surface area (Å²) in [7, 11) is 0. The van der Waals surface area contributed by atoms with Gasteiger partial charge < -0.3 is 10.7 Å². The van der Waals surface area contributed by atoms with Gasteiger partial charge in [-0.15, -0.1) is 0 Å². The number of nitrogens with two attached hydrogens (primary N) is 1. The van der Waals surface area contributed by atoms with Crippen LogP contribution in [0.1, 0.15) is 12.0 Å². The lowest BCUT2D eigenvalue weighted by Gasteiger charge is -1.92. The summed E-state index contributed by atoms with van der Waals surface area (Å²) in [6.07, 6.45) is 0.0880. The lowest BCUT2D eigenvalue weighted by Crippen LogP contribution is -2.08. The van der Waals surface area contributed by atoms with Crippen molar-refractivity contribution in [1.29, 1.82) is 0 Å². The van der Waals surface area contributed by atoms with E-state index in [2.05, 4.69) is 22.9 Å². The maximum atomic E-state index is 10.6. The molecule has 1 heterocycles. The summed E-state index contributed by atoms with van der Waals surface area (Å²) in [5.74, 6) is 5.30. The molecule has 2 aromatic carbocycles. The van der Waals surface area contributed by atoms with Gasteiger partial charge in [-0.3, -0.25) is 4.79 Å². The van der Waals surface area contributed by atoms with Gasteiger partial charge in [-0.2, -0.15) is 0 Å². The number of hydrogen-bond acceptors (Lipinski definition) is 1. The number of primary amides is 1. The van der Waals surface area contributed by atoms with Crippen molar-refractivity contribution in [2.45, 2.75) is 6.42 Å². The van der Waals surface area contributed by atoms with E-state index in [1.54, 1.807) is 0 Å². The van der Waals surface area contributed by atoms with Crippen LogP contribution >= 0.6 is 0 Å². The highest BCUT2D eigenvalue weighted by Gasteiger charge is 2.03. The van der Waals surface area contributed by atoms with E-state index in [9.17, 15) is 4.79 Å². The first kappa shape index (κ1) is 11.4. The fourth-order valence-corrected chi connectivity index (χ4v) is 2.17. The maximum absolute atomic E-state index is 10.6. The molecule has 92 valence electrons. The van der Waals surface area contributed by atoms with Gasteiger partial charge in [-0.1, -0.05) is 36.1 Å². The van der Waals surface area contributed by atoms with Crippen molar-refractivity contribution in [3.8, 4) is 11.8 Å². The lowest BCUT2D eigenvalue weighted by molar-refractivity contribution is -0.117. The van der Waals surface area contributed by atoms with Crippen LogP contribution < -0.4 is 5.73 Å². The molecular formula is C16H12N2O. The van der Waals surface area contributed by atoms with Gasteiger partial charge in [0.15, 0.2) is 0 Å². The molecule has 3 nitrogen and oxygen atoms in total. The Morgan fingerprint density at radius 1 is 1.11 bits per heavy atom. The summed E-state index contributed by atoms with van der Waals surface area (Å²) >= 11 is 0. The molecule has 0 aliphatic rings. The molecule has 1 amide bonds. The summed E-state index contributed by atoms with van der Waals surface area (Å²) in [5.41, 5.74) is 8.08. The SMILES string of the molecule is NC(=O)CC#Cc1ccc2c(c1)[nH]c1ccccc12. The second kappa shape index (κ2) is 4.51. The summed E-state index contributed by atoms with van der Waals surface area (Å²) in [5, 5.41) is 2.38. The van der Waals surface area contributed by atoms with E-state index >= 15 is 0 Å². The van der Waals surface area contributed by atoms with Gasteiger partial charge in [0.05, 0.1) is 6.42 Å². The number of hydrogen-bond donors (Lipinski definition) is 2. The molecule has 0 aliphatic carbocycles. The Labute approximate surface area is 110 Å². The highest BCUT2D eigenvalue weighted by atomic mass is 16.1. The molecule has 0 aliphatic heterocycles. The van der Waals surface area contributed by atoms with Crippen molar-refractivity contribution < 1.29 is 4.79 Å². The van der Waals surface area contributed by atoms with E-state index in [4.69, 9.17) is 5.73 Å². The first-order valence-corrected chi connectivity index (χ1v) is 6.02. The van der Waals surface area contributed by atoms with Crippen LogP contribution in [0.5, 0.6) is 0 Å². The molecule has 1 aromatic heterocycles. The molecule has 19 heavy (non-hydrogen) atoms. The Kier molecular flexibility index (Phi) is 2.70. The molecule has 0 saturated carbocycles. The van der Waals surface area contributed by atoms with Crippen LogP contribution in [0.2, 0.25) is 0 Å². The van der Waals surface area contributed by atoms with Crippen LogP contribution in [0.3, 0.4) is 0 Å². The molecule has 0 unspecified atom stereocenters. The number of nitrogens with one attached hydrogen (secondary N) is 1. The minimum Gasteiger partial charge on any atom is -0.369 e. The molecule has 3 N–H and O–H groups in total. The normalized spacial score (nSPS) is 10.3. The average Bonchev–Trinajstić information content (AvgIpc) is 2.76. The van der Waals surface area contributed by atoms with Crippen molar-refractivity contribution in [2.75, 3.05) is 0 Å². The van der Waals surface area contributed by atoms with Crippen molar-refractivity contribution in [3.05, 3.63) is 48.0 Å². The number of rotatable bonds is 1. The number of aromatic amines is 1. The summed E-state index contributed by atoms with van der Waals surface area (Å²) in [6, 6.07) is 14.2. The van der Waals surface area contributed by atoms with E-state index in [1.165, 1.54) is 10.8 Å². The van der Waals surface area contributed by atoms with Crippen molar-refractivity contribution >= 4 is 27.7 Å². The minimum absolute atomic E-state index is 0.0880. The van der Waals surface area contributed by atoms with Crippen LogP contribution in [0, 0.1) is 11.8 Å². The third-order valence-corrected chi connectivity index (χ3v) is 3.00. The Hall–Kier alpha value is -2.73. The number of carbonyl (C=O) groups is 1. The largest absolute Gasteiger partial charge is 0.369 e. The number of aromatic nitrogens is 1. The fourth-order valence-electron chi connectivity index (χ4n) is 2.17. The van der Waals surface area contributed by atoms with E-state index in [0.29, 0.717) is 0 Å². The molecular weight excluding hydrogens is 236 g/mol. The lowest BCUT2D eigenvalue weighted by atomic mass is 10.1. The zero-order chi connectivity index (χ0) is 13.2. The first-order chi connectivity index (χ1) is 9.24. The highest BCUT2D eigenvalue weighted by Crippen LogP contribution is 2.25. The van der Waals surface area contributed by atoms with E-state index in [0.717, 1.165) is 16.6 Å². The first-order valence-electron chi connectivity index (χ1n) is 6.02. The van der Waals surface area contributed by atoms with Crippen molar-refractivity contribution in [3.63, 3.8) is 0 Å². The van der Waals surface area contributed by atoms with Crippen LogP contribution in [-0.2, 0) is 4.79 Å². The van der Waals surface area contributed by atoms with E-state index in [1.807, 2.05) is 36.4 Å². The number of benzene rings is 2. The molecule has 0 spiro atoms. The zero-order valence-electron chi connectivity index (χ0n) is 10.2. The smallest absolute Gasteiger partial charge is 0.229 e. The minimum atomic E-state index is -0.404. The zero-order valence-corrected chi connectivity index (χ0v) is 10.2. The highest BCUT2D eigenvalue weighted by molar-refractivity contribution is 6.07. The van der Waals surface area contributed by atoms with Gasteiger partial charge in [-0.05, 0) is 18.2 Å². The summed E-state index contributed by atoms with van der Waals surface area (Å²) in [6.45, 7) is 0. The standard InChI is InChI=1S/C16H12N2O/c17-16(19)7-3-4-11-8-9-13-12-5-1-2-6-14(12)18-15(13)10-11/h1-2,5-6,8-10,18H,7H2,(H2,17,19). The number of para-hydroxylation sites is 1. The van der Waals surface area contributed by atoms with Gasteiger partial charge in [0.1, 0.15) is 0 Å². The number of fused-ring (bicyclic) bond motifs is 3. The quantitative estimate of drug-likeness (QED) is 0.639. The third kappa shape index (κ3) is 2.16. The van der Waals surface area contributed by atoms with Gasteiger partial charge in [0.25, 0.3) is 0 Å². The topological polar surface area (TPSA) is 58.9 Å². The van der Waals surface area contributed by atoms with Crippen molar-refractivity contribution in [2.24, 2.45) is 5.73 Å². The molecule has 0 saturated heterocycles.